The van der Waals surface area contributed by atoms with Crippen LogP contribution < -0.4 is 0 Å². The normalized spacial score (nSPS) is 47.2. The summed E-state index contributed by atoms with van der Waals surface area (Å²) in [6.07, 6.45) is 10.2. The first-order chi connectivity index (χ1) is 7.69. The van der Waals surface area contributed by atoms with Gasteiger partial charge in [0.1, 0.15) is 0 Å². The maximum Gasteiger partial charge on any atom is 0.0771 e. The van der Waals surface area contributed by atoms with Gasteiger partial charge in [0.2, 0.25) is 0 Å². The lowest BCUT2D eigenvalue weighted by Gasteiger charge is -2.57. The third-order valence-electron chi connectivity index (χ3n) is 5.38. The second-order valence-corrected chi connectivity index (χ2v) is 6.79. The molecule has 4 saturated carbocycles. The van der Waals surface area contributed by atoms with Crippen LogP contribution in [0.5, 0.6) is 0 Å². The van der Waals surface area contributed by atoms with E-state index in [1.165, 1.54) is 38.5 Å². The van der Waals surface area contributed by atoms with Gasteiger partial charge < -0.3 is 10.2 Å². The van der Waals surface area contributed by atoms with Crippen LogP contribution in [0.1, 0.15) is 51.4 Å². The van der Waals surface area contributed by atoms with E-state index in [1.54, 1.807) is 0 Å². The van der Waals surface area contributed by atoms with E-state index in [2.05, 4.69) is 0 Å². The first-order valence-electron chi connectivity index (χ1n) is 6.98. The van der Waals surface area contributed by atoms with Gasteiger partial charge in [0.15, 0.2) is 0 Å². The molecular formula is C14H24O2. The van der Waals surface area contributed by atoms with Crippen molar-refractivity contribution in [3.63, 3.8) is 0 Å². The molecule has 16 heavy (non-hydrogen) atoms. The molecule has 0 spiro atoms. The molecule has 4 bridgehead atoms. The van der Waals surface area contributed by atoms with E-state index in [0.717, 1.165) is 30.6 Å². The largest absolute Gasteiger partial charge is 0.394 e. The van der Waals surface area contributed by atoms with E-state index in [-0.39, 0.29) is 6.61 Å². The SMILES string of the molecule is OCC(O)CCC12CC3CC(CC(C3)C1)C2. The van der Waals surface area contributed by atoms with Crippen LogP contribution in [-0.2, 0) is 0 Å². The van der Waals surface area contributed by atoms with Crippen LogP contribution in [0, 0.1) is 23.2 Å². The van der Waals surface area contributed by atoms with Crippen molar-refractivity contribution in [1.29, 1.82) is 0 Å². The van der Waals surface area contributed by atoms with Crippen molar-refractivity contribution < 1.29 is 10.2 Å². The van der Waals surface area contributed by atoms with Crippen molar-refractivity contribution in [2.24, 2.45) is 23.2 Å². The van der Waals surface area contributed by atoms with Gasteiger partial charge >= 0.3 is 0 Å². The maximum absolute atomic E-state index is 9.51. The van der Waals surface area contributed by atoms with Gasteiger partial charge in [0.25, 0.3) is 0 Å². The van der Waals surface area contributed by atoms with E-state index in [1.807, 2.05) is 0 Å². The minimum Gasteiger partial charge on any atom is -0.394 e. The van der Waals surface area contributed by atoms with Crippen LogP contribution in [-0.4, -0.2) is 22.9 Å². The molecule has 1 atom stereocenters. The Hall–Kier alpha value is -0.0800. The quantitative estimate of drug-likeness (QED) is 0.769. The fourth-order valence-electron chi connectivity index (χ4n) is 5.16. The minimum absolute atomic E-state index is 0.0631. The first-order valence-corrected chi connectivity index (χ1v) is 6.98. The number of hydrogen-bond donors (Lipinski definition) is 2. The third-order valence-corrected chi connectivity index (χ3v) is 5.38. The lowest BCUT2D eigenvalue weighted by molar-refractivity contribution is -0.0646. The maximum atomic E-state index is 9.51. The Morgan fingerprint density at radius 3 is 1.94 bits per heavy atom. The molecule has 0 aromatic heterocycles. The molecule has 4 aliphatic carbocycles. The fraction of sp³-hybridized carbons (Fsp3) is 1.00. The van der Waals surface area contributed by atoms with Crippen molar-refractivity contribution in [3.05, 3.63) is 0 Å². The molecule has 0 aromatic carbocycles. The van der Waals surface area contributed by atoms with E-state index in [0.29, 0.717) is 5.41 Å². The van der Waals surface area contributed by atoms with Gasteiger partial charge in [-0.2, -0.15) is 0 Å². The Bertz CT molecular complexity index is 226. The molecular weight excluding hydrogens is 200 g/mol. The molecule has 92 valence electrons. The Kier molecular flexibility index (Phi) is 2.75. The Morgan fingerprint density at radius 1 is 1.00 bits per heavy atom. The van der Waals surface area contributed by atoms with Gasteiger partial charge in [-0.25, -0.2) is 0 Å². The van der Waals surface area contributed by atoms with E-state index in [9.17, 15) is 5.11 Å². The standard InChI is InChI=1S/C14H24O2/c15-9-13(16)1-2-14-6-10-3-11(7-14)5-12(4-10)8-14/h10-13,15-16H,1-9H2. The van der Waals surface area contributed by atoms with Crippen LogP contribution in [0.2, 0.25) is 0 Å². The molecule has 0 aliphatic heterocycles. The summed E-state index contributed by atoms with van der Waals surface area (Å²) in [6.45, 7) is -0.0631. The Balaban J connectivity index is 1.64. The predicted octanol–water partition coefficient (Wildman–Crippen LogP) is 2.34. The molecule has 0 heterocycles. The number of rotatable bonds is 4. The van der Waals surface area contributed by atoms with E-state index >= 15 is 0 Å². The second kappa shape index (κ2) is 3.99. The molecule has 0 aromatic rings. The molecule has 1 unspecified atom stereocenters. The lowest BCUT2D eigenvalue weighted by Crippen LogP contribution is -2.46. The molecule has 2 nitrogen and oxygen atoms in total. The fourth-order valence-corrected chi connectivity index (χ4v) is 5.16. The van der Waals surface area contributed by atoms with Gasteiger partial charge in [-0.15, -0.1) is 0 Å². The lowest BCUT2D eigenvalue weighted by atomic mass is 9.48. The van der Waals surface area contributed by atoms with Crippen LogP contribution in [0.4, 0.5) is 0 Å². The summed E-state index contributed by atoms with van der Waals surface area (Å²) in [4.78, 5) is 0. The van der Waals surface area contributed by atoms with Gasteiger partial charge in [0.05, 0.1) is 12.7 Å². The van der Waals surface area contributed by atoms with Gasteiger partial charge in [-0.3, -0.25) is 0 Å². The van der Waals surface area contributed by atoms with Crippen LogP contribution in [0.25, 0.3) is 0 Å². The highest BCUT2D eigenvalue weighted by atomic mass is 16.3. The Labute approximate surface area is 98.1 Å². The molecule has 4 fully saturated rings. The summed E-state index contributed by atoms with van der Waals surface area (Å²) in [6, 6.07) is 0. The molecule has 2 heteroatoms. The van der Waals surface area contributed by atoms with Crippen LogP contribution in [0.15, 0.2) is 0 Å². The average Bonchev–Trinajstić information content (AvgIpc) is 2.24. The van der Waals surface area contributed by atoms with E-state index in [4.69, 9.17) is 5.11 Å². The zero-order valence-electron chi connectivity index (χ0n) is 10.1. The van der Waals surface area contributed by atoms with Crippen molar-refractivity contribution in [3.8, 4) is 0 Å². The molecule has 0 radical (unpaired) electrons. The summed E-state index contributed by atoms with van der Waals surface area (Å²) in [5, 5.41) is 18.4. The highest BCUT2D eigenvalue weighted by molar-refractivity contribution is 5.01. The van der Waals surface area contributed by atoms with Gasteiger partial charge in [0, 0.05) is 0 Å². The second-order valence-electron chi connectivity index (χ2n) is 6.79. The zero-order valence-corrected chi connectivity index (χ0v) is 10.1. The summed E-state index contributed by atoms with van der Waals surface area (Å²) < 4.78 is 0. The van der Waals surface area contributed by atoms with E-state index < -0.39 is 6.10 Å². The van der Waals surface area contributed by atoms with Crippen molar-refractivity contribution in [2.45, 2.75) is 57.5 Å². The zero-order chi connectivity index (χ0) is 11.2. The monoisotopic (exact) mass is 224 g/mol. The third kappa shape index (κ3) is 1.91. The Morgan fingerprint density at radius 2 is 1.50 bits per heavy atom. The van der Waals surface area contributed by atoms with Crippen molar-refractivity contribution in [1.82, 2.24) is 0 Å². The summed E-state index contributed by atoms with van der Waals surface area (Å²) in [5.74, 6) is 2.99. The number of hydrogen-bond acceptors (Lipinski definition) is 2. The van der Waals surface area contributed by atoms with Crippen LogP contribution in [0.3, 0.4) is 0 Å². The van der Waals surface area contributed by atoms with Gasteiger partial charge in [-0.1, -0.05) is 0 Å². The van der Waals surface area contributed by atoms with Gasteiger partial charge in [-0.05, 0) is 74.5 Å². The summed E-state index contributed by atoms with van der Waals surface area (Å²) in [5.41, 5.74) is 0.560. The highest BCUT2D eigenvalue weighted by Gasteiger charge is 2.50. The topological polar surface area (TPSA) is 40.5 Å². The smallest absolute Gasteiger partial charge is 0.0771 e. The predicted molar refractivity (Wildman–Crippen MR) is 62.9 cm³/mol. The van der Waals surface area contributed by atoms with Crippen molar-refractivity contribution in [2.75, 3.05) is 6.61 Å². The molecule has 0 saturated heterocycles. The minimum atomic E-state index is -0.479. The molecule has 2 N–H and O–H groups in total. The first kappa shape index (κ1) is 11.0. The summed E-state index contributed by atoms with van der Waals surface area (Å²) in [7, 11) is 0. The average molecular weight is 224 g/mol. The molecule has 4 aliphatic rings. The number of aliphatic hydroxyl groups is 2. The molecule has 0 amide bonds. The van der Waals surface area contributed by atoms with Crippen molar-refractivity contribution >= 4 is 0 Å². The molecule has 4 rings (SSSR count). The van der Waals surface area contributed by atoms with Crippen LogP contribution >= 0.6 is 0 Å². The highest BCUT2D eigenvalue weighted by Crippen LogP contribution is 2.61. The number of aliphatic hydroxyl groups excluding tert-OH is 2. The summed E-state index contributed by atoms with van der Waals surface area (Å²) >= 11 is 0.